The molecule has 0 aliphatic carbocycles. The number of carbonyl (C=O) groups excluding carboxylic acids is 3. The molecule has 9 nitrogen and oxygen atoms in total. The molecule has 0 bridgehead atoms. The summed E-state index contributed by atoms with van der Waals surface area (Å²) in [6.45, 7) is 2.36. The van der Waals surface area contributed by atoms with Gasteiger partial charge in [-0.2, -0.15) is 0 Å². The second-order valence-corrected chi connectivity index (χ2v) is 8.43. The van der Waals surface area contributed by atoms with Gasteiger partial charge in [0.1, 0.15) is 17.5 Å². The highest BCUT2D eigenvalue weighted by Gasteiger charge is 2.45. The number of benzene rings is 3. The highest BCUT2D eigenvalue weighted by Crippen LogP contribution is 2.27. The average Bonchev–Trinajstić information content (AvgIpc) is 3.13. The molecule has 1 unspecified atom stereocenters. The van der Waals surface area contributed by atoms with Crippen LogP contribution in [0.15, 0.2) is 78.9 Å². The van der Waals surface area contributed by atoms with Crippen molar-refractivity contribution in [2.24, 2.45) is 0 Å². The average molecular weight is 519 g/mol. The van der Waals surface area contributed by atoms with Gasteiger partial charge >= 0.3 is 0 Å². The Hall–Kier alpha value is -4.44. The largest absolute Gasteiger partial charge is 0.497 e. The Labute approximate surface area is 219 Å². The zero-order valence-corrected chi connectivity index (χ0v) is 21.2. The maximum absolute atomic E-state index is 13.5. The van der Waals surface area contributed by atoms with Gasteiger partial charge in [0.25, 0.3) is 11.8 Å². The molecule has 1 atom stereocenters. The molecule has 1 aliphatic heterocycles. The van der Waals surface area contributed by atoms with Crippen LogP contribution in [0.3, 0.4) is 0 Å². The number of amides is 3. The van der Waals surface area contributed by atoms with Crippen LogP contribution < -0.4 is 25.1 Å². The van der Waals surface area contributed by atoms with E-state index in [9.17, 15) is 14.4 Å². The van der Waals surface area contributed by atoms with Gasteiger partial charge in [0.15, 0.2) is 0 Å². The number of para-hydroxylation sites is 1. The predicted octanol–water partition coefficient (Wildman–Crippen LogP) is 3.77. The molecular formula is C27H26N4O5S. The van der Waals surface area contributed by atoms with Gasteiger partial charge in [0, 0.05) is 17.3 Å². The number of rotatable bonds is 9. The smallest absolute Gasteiger partial charge is 0.270 e. The SMILES string of the molecule is CCOc1cccc(NC(=O)CC2C(=O)N(c3ccccc3)C(=S)N2NC(=O)c2cccc(OC)c2)c1. The molecule has 190 valence electrons. The number of carbonyl (C=O) groups is 3. The quantitative estimate of drug-likeness (QED) is 0.416. The van der Waals surface area contributed by atoms with Crippen LogP contribution in [-0.4, -0.2) is 47.6 Å². The molecule has 0 saturated carbocycles. The minimum Gasteiger partial charge on any atom is -0.497 e. The first-order valence-corrected chi connectivity index (χ1v) is 12.0. The number of methoxy groups -OCH3 is 1. The van der Waals surface area contributed by atoms with Crippen LogP contribution in [0, 0.1) is 0 Å². The van der Waals surface area contributed by atoms with Crippen LogP contribution in [0.5, 0.6) is 11.5 Å². The summed E-state index contributed by atoms with van der Waals surface area (Å²) in [7, 11) is 1.50. The summed E-state index contributed by atoms with van der Waals surface area (Å²) in [5.41, 5.74) is 4.07. The molecular weight excluding hydrogens is 492 g/mol. The second-order valence-electron chi connectivity index (χ2n) is 8.06. The Morgan fingerprint density at radius 1 is 0.973 bits per heavy atom. The molecule has 3 aromatic rings. The van der Waals surface area contributed by atoms with E-state index in [0.29, 0.717) is 35.0 Å². The standard InChI is InChI=1S/C27H26N4O5S/c1-3-36-22-14-8-10-19(16-22)28-24(32)17-23-26(34)30(20-11-5-4-6-12-20)27(37)31(23)29-25(33)18-9-7-13-21(15-18)35-2/h4-16,23H,3,17H2,1-2H3,(H,28,32)(H,29,33). The Balaban J connectivity index is 1.57. The van der Waals surface area contributed by atoms with Gasteiger partial charge < -0.3 is 14.8 Å². The van der Waals surface area contributed by atoms with Gasteiger partial charge in [-0.15, -0.1) is 0 Å². The Morgan fingerprint density at radius 3 is 2.43 bits per heavy atom. The minimum atomic E-state index is -1.06. The van der Waals surface area contributed by atoms with E-state index >= 15 is 0 Å². The van der Waals surface area contributed by atoms with Gasteiger partial charge in [-0.1, -0.05) is 30.3 Å². The molecule has 4 rings (SSSR count). The summed E-state index contributed by atoms with van der Waals surface area (Å²) in [5, 5.41) is 4.11. The van der Waals surface area contributed by atoms with Crippen LogP contribution in [0.25, 0.3) is 0 Å². The van der Waals surface area contributed by atoms with Gasteiger partial charge in [0.05, 0.1) is 25.8 Å². The maximum atomic E-state index is 13.5. The number of hydrazine groups is 1. The number of ether oxygens (including phenoxy) is 2. The van der Waals surface area contributed by atoms with E-state index in [1.165, 1.54) is 17.0 Å². The first-order chi connectivity index (χ1) is 17.9. The van der Waals surface area contributed by atoms with E-state index in [4.69, 9.17) is 21.7 Å². The van der Waals surface area contributed by atoms with Gasteiger partial charge in [0.2, 0.25) is 11.0 Å². The summed E-state index contributed by atoms with van der Waals surface area (Å²) in [4.78, 5) is 40.9. The Bertz CT molecular complexity index is 1320. The van der Waals surface area contributed by atoms with Crippen molar-refractivity contribution in [2.75, 3.05) is 23.9 Å². The number of anilines is 2. The predicted molar refractivity (Wildman–Crippen MR) is 143 cm³/mol. The lowest BCUT2D eigenvalue weighted by Gasteiger charge is -2.24. The van der Waals surface area contributed by atoms with Crippen LogP contribution >= 0.6 is 12.2 Å². The highest BCUT2D eigenvalue weighted by atomic mass is 32.1. The second kappa shape index (κ2) is 11.5. The number of nitrogens with one attached hydrogen (secondary N) is 2. The van der Waals surface area contributed by atoms with Gasteiger partial charge in [-0.05, 0) is 61.6 Å². The van der Waals surface area contributed by atoms with Crippen molar-refractivity contribution in [1.82, 2.24) is 10.4 Å². The van der Waals surface area contributed by atoms with Crippen molar-refractivity contribution in [1.29, 1.82) is 0 Å². The van der Waals surface area contributed by atoms with E-state index in [1.54, 1.807) is 72.8 Å². The fourth-order valence-electron chi connectivity index (χ4n) is 3.87. The van der Waals surface area contributed by atoms with E-state index in [1.807, 2.05) is 13.0 Å². The molecule has 3 amide bonds. The molecule has 1 saturated heterocycles. The van der Waals surface area contributed by atoms with Crippen LogP contribution in [-0.2, 0) is 9.59 Å². The molecule has 0 radical (unpaired) electrons. The van der Waals surface area contributed by atoms with Gasteiger partial charge in [-0.3, -0.25) is 24.7 Å². The number of thiocarbonyl (C=S) groups is 1. The van der Waals surface area contributed by atoms with E-state index in [2.05, 4.69) is 10.7 Å². The summed E-state index contributed by atoms with van der Waals surface area (Å²) < 4.78 is 10.7. The lowest BCUT2D eigenvalue weighted by atomic mass is 10.1. The van der Waals surface area contributed by atoms with Crippen molar-refractivity contribution in [3.8, 4) is 11.5 Å². The number of hydrogen-bond acceptors (Lipinski definition) is 6. The van der Waals surface area contributed by atoms with Crippen LogP contribution in [0.4, 0.5) is 11.4 Å². The molecule has 1 fully saturated rings. The normalized spacial score (nSPS) is 14.9. The number of nitrogens with zero attached hydrogens (tertiary/aromatic N) is 2. The summed E-state index contributed by atoms with van der Waals surface area (Å²) >= 11 is 5.59. The third-order valence-electron chi connectivity index (χ3n) is 5.59. The number of hydrogen-bond donors (Lipinski definition) is 2. The van der Waals surface area contributed by atoms with Crippen molar-refractivity contribution in [2.45, 2.75) is 19.4 Å². The molecule has 0 spiro atoms. The molecule has 1 heterocycles. The molecule has 10 heteroatoms. The van der Waals surface area contributed by atoms with Crippen LogP contribution in [0.1, 0.15) is 23.7 Å². The molecule has 1 aliphatic rings. The van der Waals surface area contributed by atoms with Crippen molar-refractivity contribution in [3.05, 3.63) is 84.4 Å². The lowest BCUT2D eigenvalue weighted by Crippen LogP contribution is -2.49. The van der Waals surface area contributed by atoms with Crippen LogP contribution in [0.2, 0.25) is 0 Å². The third-order valence-corrected chi connectivity index (χ3v) is 5.97. The zero-order chi connectivity index (χ0) is 26.4. The summed E-state index contributed by atoms with van der Waals surface area (Å²) in [6.07, 6.45) is -0.250. The van der Waals surface area contributed by atoms with E-state index in [0.717, 1.165) is 0 Å². The summed E-state index contributed by atoms with van der Waals surface area (Å²) in [5.74, 6) is -0.241. The first kappa shape index (κ1) is 25.6. The fourth-order valence-corrected chi connectivity index (χ4v) is 4.24. The maximum Gasteiger partial charge on any atom is 0.270 e. The van der Waals surface area contributed by atoms with Crippen molar-refractivity contribution >= 4 is 46.4 Å². The molecule has 0 aromatic heterocycles. The topological polar surface area (TPSA) is 100 Å². The van der Waals surface area contributed by atoms with E-state index in [-0.39, 0.29) is 11.5 Å². The zero-order valence-electron chi connectivity index (χ0n) is 20.3. The van der Waals surface area contributed by atoms with Crippen molar-refractivity contribution in [3.63, 3.8) is 0 Å². The third kappa shape index (κ3) is 5.87. The van der Waals surface area contributed by atoms with E-state index < -0.39 is 23.8 Å². The Morgan fingerprint density at radius 2 is 1.70 bits per heavy atom. The minimum absolute atomic E-state index is 0.0589. The van der Waals surface area contributed by atoms with Gasteiger partial charge in [-0.25, -0.2) is 5.01 Å². The molecule has 37 heavy (non-hydrogen) atoms. The lowest BCUT2D eigenvalue weighted by molar-refractivity contribution is -0.124. The van der Waals surface area contributed by atoms with Crippen molar-refractivity contribution < 1.29 is 23.9 Å². The monoisotopic (exact) mass is 518 g/mol. The molecule has 2 N–H and O–H groups in total. The fraction of sp³-hybridized carbons (Fsp3) is 0.185. The summed E-state index contributed by atoms with van der Waals surface area (Å²) in [6, 6.07) is 21.3. The Kier molecular flexibility index (Phi) is 7.99. The first-order valence-electron chi connectivity index (χ1n) is 11.6. The molecule has 3 aromatic carbocycles. The highest BCUT2D eigenvalue weighted by molar-refractivity contribution is 7.80.